The first-order valence-electron chi connectivity index (χ1n) is 8.81. The Hall–Kier alpha value is -0.960. The zero-order chi connectivity index (χ0) is 15.8. The highest BCUT2D eigenvalue weighted by Gasteiger charge is 2.66. The first-order valence-corrected chi connectivity index (χ1v) is 8.81. The molecule has 3 saturated carbocycles. The second kappa shape index (κ2) is 4.31. The molecule has 0 heterocycles. The Morgan fingerprint density at radius 1 is 1.00 bits per heavy atom. The lowest BCUT2D eigenvalue weighted by molar-refractivity contribution is -0.178. The van der Waals surface area contributed by atoms with Gasteiger partial charge in [-0.2, -0.15) is 0 Å². The van der Waals surface area contributed by atoms with E-state index >= 15 is 0 Å². The molecule has 3 nitrogen and oxygen atoms in total. The van der Waals surface area contributed by atoms with Gasteiger partial charge >= 0.3 is 0 Å². The van der Waals surface area contributed by atoms with E-state index in [1.807, 2.05) is 13.0 Å². The highest BCUT2D eigenvalue weighted by Crippen LogP contribution is 2.65. The molecule has 0 spiro atoms. The first kappa shape index (κ1) is 14.6. The summed E-state index contributed by atoms with van der Waals surface area (Å²) in [6.45, 7) is 4.29. The van der Waals surface area contributed by atoms with E-state index in [9.17, 15) is 14.7 Å². The minimum absolute atomic E-state index is 0.0551. The molecule has 0 aromatic heterocycles. The maximum atomic E-state index is 12.4. The molecule has 0 aliphatic heterocycles. The van der Waals surface area contributed by atoms with Crippen molar-refractivity contribution in [3.05, 3.63) is 11.6 Å². The Morgan fingerprint density at radius 3 is 2.55 bits per heavy atom. The van der Waals surface area contributed by atoms with Gasteiger partial charge < -0.3 is 5.11 Å². The molecule has 22 heavy (non-hydrogen) atoms. The van der Waals surface area contributed by atoms with Gasteiger partial charge in [-0.1, -0.05) is 12.5 Å². The number of hydrogen-bond donors (Lipinski definition) is 1. The molecule has 4 rings (SSSR count). The largest absolute Gasteiger partial charge is 0.389 e. The Morgan fingerprint density at radius 2 is 1.77 bits per heavy atom. The van der Waals surface area contributed by atoms with Gasteiger partial charge in [0.15, 0.2) is 5.78 Å². The SMILES string of the molecule is C[C@]12CCC(=O)C=C1CC[C@@H]1[C@@H]2CC[C@]2(C)C(=O)CC[C@@]12O. The summed E-state index contributed by atoms with van der Waals surface area (Å²) in [6, 6.07) is 0. The van der Waals surface area contributed by atoms with Crippen LogP contribution in [0.2, 0.25) is 0 Å². The number of allylic oxidation sites excluding steroid dienone is 1. The van der Waals surface area contributed by atoms with Crippen LogP contribution in [0.1, 0.15) is 65.2 Å². The molecule has 4 aliphatic rings. The van der Waals surface area contributed by atoms with Gasteiger partial charge in [-0.3, -0.25) is 9.59 Å². The van der Waals surface area contributed by atoms with Crippen LogP contribution in [0, 0.1) is 22.7 Å². The molecule has 0 aromatic rings. The van der Waals surface area contributed by atoms with Crippen LogP contribution in [0.4, 0.5) is 0 Å². The van der Waals surface area contributed by atoms with Crippen molar-refractivity contribution < 1.29 is 14.7 Å². The van der Waals surface area contributed by atoms with Crippen molar-refractivity contribution in [1.29, 1.82) is 0 Å². The molecular weight excluding hydrogens is 276 g/mol. The number of Topliss-reactive ketones (excluding diaryl/α,β-unsaturated/α-hetero) is 1. The third-order valence-corrected chi connectivity index (χ3v) is 7.86. The van der Waals surface area contributed by atoms with Crippen molar-refractivity contribution in [3.8, 4) is 0 Å². The highest BCUT2D eigenvalue weighted by atomic mass is 16.3. The Bertz CT molecular complexity index is 591. The van der Waals surface area contributed by atoms with Crippen LogP contribution in [-0.4, -0.2) is 22.3 Å². The fraction of sp³-hybridized carbons (Fsp3) is 0.789. The van der Waals surface area contributed by atoms with Crippen molar-refractivity contribution in [1.82, 2.24) is 0 Å². The first-order chi connectivity index (χ1) is 10.3. The van der Waals surface area contributed by atoms with E-state index in [1.165, 1.54) is 5.57 Å². The number of aliphatic hydroxyl groups is 1. The lowest BCUT2D eigenvalue weighted by atomic mass is 9.46. The van der Waals surface area contributed by atoms with Crippen molar-refractivity contribution in [2.45, 2.75) is 70.8 Å². The molecule has 0 saturated heterocycles. The van der Waals surface area contributed by atoms with Gasteiger partial charge in [0.25, 0.3) is 0 Å². The van der Waals surface area contributed by atoms with E-state index in [0.29, 0.717) is 25.2 Å². The second-order valence-electron chi connectivity index (χ2n) is 8.52. The predicted octanol–water partition coefficient (Wildman–Crippen LogP) is 3.20. The number of hydrogen-bond acceptors (Lipinski definition) is 3. The minimum Gasteiger partial charge on any atom is -0.389 e. The van der Waals surface area contributed by atoms with Crippen LogP contribution in [0.25, 0.3) is 0 Å². The summed E-state index contributed by atoms with van der Waals surface area (Å²) in [7, 11) is 0. The number of fused-ring (bicyclic) bond motifs is 5. The Balaban J connectivity index is 1.76. The summed E-state index contributed by atoms with van der Waals surface area (Å²) < 4.78 is 0. The smallest absolute Gasteiger partial charge is 0.155 e. The van der Waals surface area contributed by atoms with Crippen LogP contribution in [-0.2, 0) is 9.59 Å². The van der Waals surface area contributed by atoms with Crippen LogP contribution in [0.3, 0.4) is 0 Å². The average Bonchev–Trinajstić information content (AvgIpc) is 2.72. The molecule has 0 bridgehead atoms. The Labute approximate surface area is 132 Å². The van der Waals surface area contributed by atoms with E-state index < -0.39 is 11.0 Å². The van der Waals surface area contributed by atoms with Crippen LogP contribution >= 0.6 is 0 Å². The fourth-order valence-electron chi connectivity index (χ4n) is 6.30. The lowest BCUT2D eigenvalue weighted by Gasteiger charge is -2.60. The number of carbonyl (C=O) groups is 2. The van der Waals surface area contributed by atoms with Gasteiger partial charge in [0.05, 0.1) is 11.0 Å². The molecule has 0 amide bonds. The van der Waals surface area contributed by atoms with Crippen LogP contribution in [0.5, 0.6) is 0 Å². The topological polar surface area (TPSA) is 54.4 Å². The van der Waals surface area contributed by atoms with Crippen molar-refractivity contribution in [3.63, 3.8) is 0 Å². The normalized spacial score (nSPS) is 51.0. The quantitative estimate of drug-likeness (QED) is 0.747. The molecule has 5 atom stereocenters. The summed E-state index contributed by atoms with van der Waals surface area (Å²) in [5.74, 6) is 1.16. The van der Waals surface area contributed by atoms with E-state index in [2.05, 4.69) is 6.92 Å². The van der Waals surface area contributed by atoms with Crippen LogP contribution in [0.15, 0.2) is 11.6 Å². The minimum atomic E-state index is -0.816. The molecule has 1 N–H and O–H groups in total. The van der Waals surface area contributed by atoms with E-state index in [-0.39, 0.29) is 22.9 Å². The summed E-state index contributed by atoms with van der Waals surface area (Å²) in [6.07, 6.45) is 8.27. The maximum absolute atomic E-state index is 12.4. The van der Waals surface area contributed by atoms with Crippen molar-refractivity contribution in [2.75, 3.05) is 0 Å². The highest BCUT2D eigenvalue weighted by molar-refractivity contribution is 5.92. The molecular formula is C19H26O3. The standard InChI is InChI=1S/C19H26O3/c1-17-8-5-13(20)11-12(17)3-4-15-14(17)6-9-18(2)16(21)7-10-19(15,18)22/h11,14-15,22H,3-10H2,1-2H3/t14-,15+,17-,18+,19+/m0/s1. The summed E-state index contributed by atoms with van der Waals surface area (Å²) in [5, 5.41) is 11.5. The third-order valence-electron chi connectivity index (χ3n) is 7.86. The van der Waals surface area contributed by atoms with E-state index in [0.717, 1.165) is 32.1 Å². The lowest BCUT2D eigenvalue weighted by Crippen LogP contribution is -2.60. The van der Waals surface area contributed by atoms with Crippen molar-refractivity contribution in [2.24, 2.45) is 22.7 Å². The fourth-order valence-corrected chi connectivity index (χ4v) is 6.30. The number of ketones is 2. The monoisotopic (exact) mass is 302 g/mol. The molecule has 3 fully saturated rings. The van der Waals surface area contributed by atoms with Gasteiger partial charge in [0.1, 0.15) is 5.78 Å². The van der Waals surface area contributed by atoms with E-state index in [4.69, 9.17) is 0 Å². The third kappa shape index (κ3) is 1.56. The van der Waals surface area contributed by atoms with Gasteiger partial charge in [0, 0.05) is 12.8 Å². The summed E-state index contributed by atoms with van der Waals surface area (Å²) >= 11 is 0. The molecule has 4 aliphatic carbocycles. The summed E-state index contributed by atoms with van der Waals surface area (Å²) in [5.41, 5.74) is 0.0141. The molecule has 3 heteroatoms. The zero-order valence-electron chi connectivity index (χ0n) is 13.7. The zero-order valence-corrected chi connectivity index (χ0v) is 13.7. The number of carbonyl (C=O) groups excluding carboxylic acids is 2. The molecule has 0 unspecified atom stereocenters. The molecule has 120 valence electrons. The average molecular weight is 302 g/mol. The second-order valence-corrected chi connectivity index (χ2v) is 8.52. The Kier molecular flexibility index (Phi) is 2.87. The van der Waals surface area contributed by atoms with E-state index in [1.54, 1.807) is 0 Å². The maximum Gasteiger partial charge on any atom is 0.155 e. The van der Waals surface area contributed by atoms with Gasteiger partial charge in [-0.25, -0.2) is 0 Å². The predicted molar refractivity (Wildman–Crippen MR) is 83.2 cm³/mol. The number of rotatable bonds is 0. The van der Waals surface area contributed by atoms with Crippen LogP contribution < -0.4 is 0 Å². The summed E-state index contributed by atoms with van der Waals surface area (Å²) in [4.78, 5) is 24.2. The van der Waals surface area contributed by atoms with Crippen molar-refractivity contribution >= 4 is 11.6 Å². The molecule has 0 aromatic carbocycles. The van der Waals surface area contributed by atoms with Gasteiger partial charge in [-0.15, -0.1) is 0 Å². The molecule has 0 radical (unpaired) electrons. The van der Waals surface area contributed by atoms with Gasteiger partial charge in [0.2, 0.25) is 0 Å². The van der Waals surface area contributed by atoms with Gasteiger partial charge in [-0.05, 0) is 68.8 Å².